The first-order valence-electron chi connectivity index (χ1n) is 14.2. The maximum absolute atomic E-state index is 14.6. The number of amides is 2. The van der Waals surface area contributed by atoms with Crippen molar-refractivity contribution >= 4 is 29.5 Å². The Morgan fingerprint density at radius 3 is 2.54 bits per heavy atom. The van der Waals surface area contributed by atoms with Gasteiger partial charge in [-0.3, -0.25) is 14.4 Å². The molecule has 7 nitrogen and oxygen atoms in total. The number of cyclic esters (lactones) is 1. The molecule has 1 unspecified atom stereocenters. The van der Waals surface area contributed by atoms with Crippen molar-refractivity contribution in [3.63, 3.8) is 0 Å². The van der Waals surface area contributed by atoms with E-state index in [1.165, 1.54) is 6.42 Å². The molecule has 0 aromatic rings. The Morgan fingerprint density at radius 1 is 1.08 bits per heavy atom. The van der Waals surface area contributed by atoms with Crippen LogP contribution in [0, 0.1) is 17.8 Å². The number of ether oxygens (including phenoxy) is 1. The number of hydrogen-bond donors (Lipinski definition) is 1. The average Bonchev–Trinajstić information content (AvgIpc) is 3.24. The third-order valence-electron chi connectivity index (χ3n) is 9.58. The van der Waals surface area contributed by atoms with E-state index in [-0.39, 0.29) is 36.4 Å². The molecule has 2 saturated heterocycles. The van der Waals surface area contributed by atoms with E-state index >= 15 is 0 Å². The predicted octanol–water partition coefficient (Wildman–Crippen LogP) is 3.71. The second-order valence-electron chi connectivity index (χ2n) is 11.8. The Balaban J connectivity index is 1.65. The molecule has 7 atom stereocenters. The maximum Gasteiger partial charge on any atom is 0.311 e. The van der Waals surface area contributed by atoms with Crippen LogP contribution in [-0.4, -0.2) is 80.1 Å². The number of hydrogen-bond acceptors (Lipinski definition) is 6. The van der Waals surface area contributed by atoms with Gasteiger partial charge >= 0.3 is 5.97 Å². The normalized spacial score (nSPS) is 39.0. The Kier molecular flexibility index (Phi) is 7.53. The molecule has 0 radical (unpaired) electrons. The molecule has 4 aliphatic heterocycles. The average molecular weight is 531 g/mol. The van der Waals surface area contributed by atoms with E-state index < -0.39 is 33.4 Å². The van der Waals surface area contributed by atoms with E-state index in [0.29, 0.717) is 13.2 Å². The van der Waals surface area contributed by atoms with Gasteiger partial charge in [0.05, 0.1) is 35.8 Å². The van der Waals surface area contributed by atoms with E-state index in [1.807, 2.05) is 25.7 Å². The summed E-state index contributed by atoms with van der Waals surface area (Å²) in [5.74, 6) is -1.98. The molecule has 0 aromatic carbocycles. The smallest absolute Gasteiger partial charge is 0.311 e. The van der Waals surface area contributed by atoms with Gasteiger partial charge in [0, 0.05) is 17.3 Å². The molecule has 8 heteroatoms. The maximum atomic E-state index is 14.6. The van der Waals surface area contributed by atoms with Crippen LogP contribution >= 0.6 is 11.8 Å². The fourth-order valence-electron chi connectivity index (χ4n) is 7.48. The summed E-state index contributed by atoms with van der Waals surface area (Å²) in [6.07, 6.45) is 16.0. The molecule has 204 valence electrons. The molecular weight excluding hydrogens is 488 g/mol. The van der Waals surface area contributed by atoms with Gasteiger partial charge in [0.2, 0.25) is 11.8 Å². The molecule has 0 aromatic heterocycles. The molecule has 37 heavy (non-hydrogen) atoms. The van der Waals surface area contributed by atoms with Crippen LogP contribution in [0.3, 0.4) is 0 Å². The number of carbonyl (C=O) groups is 3. The number of thioether (sulfide) groups is 1. The molecule has 1 aliphatic carbocycles. The summed E-state index contributed by atoms with van der Waals surface area (Å²) >= 11 is 1.59. The van der Waals surface area contributed by atoms with Crippen LogP contribution in [0.15, 0.2) is 24.3 Å². The van der Waals surface area contributed by atoms with Crippen LogP contribution in [0.2, 0.25) is 0 Å². The van der Waals surface area contributed by atoms with Crippen molar-refractivity contribution in [3.05, 3.63) is 24.3 Å². The Bertz CT molecular complexity index is 977. The molecule has 0 bridgehead atoms. The van der Waals surface area contributed by atoms with Crippen molar-refractivity contribution in [2.75, 3.05) is 19.8 Å². The lowest BCUT2D eigenvalue weighted by atomic mass is 9.74. The van der Waals surface area contributed by atoms with Gasteiger partial charge in [0.25, 0.3) is 0 Å². The van der Waals surface area contributed by atoms with Crippen LogP contribution < -0.4 is 0 Å². The summed E-state index contributed by atoms with van der Waals surface area (Å²) in [6, 6.07) is -1.07. The quantitative estimate of drug-likeness (QED) is 0.431. The lowest BCUT2D eigenvalue weighted by molar-refractivity contribution is -0.155. The lowest BCUT2D eigenvalue weighted by Crippen LogP contribution is -2.59. The lowest BCUT2D eigenvalue weighted by Gasteiger charge is -2.43. The number of allylic oxidation sites excluding steroid dienone is 1. The van der Waals surface area contributed by atoms with Gasteiger partial charge in [-0.25, -0.2) is 0 Å². The first kappa shape index (κ1) is 26.8. The fraction of sp³-hybridized carbons (Fsp3) is 0.759. The van der Waals surface area contributed by atoms with Crippen LogP contribution in [0.5, 0.6) is 0 Å². The number of fused-ring (bicyclic) bond motifs is 2. The highest BCUT2D eigenvalue weighted by Crippen LogP contribution is 2.65. The highest BCUT2D eigenvalue weighted by molar-refractivity contribution is 8.02. The highest BCUT2D eigenvalue weighted by atomic mass is 32.2. The second-order valence-corrected chi connectivity index (χ2v) is 13.6. The van der Waals surface area contributed by atoms with Gasteiger partial charge in [-0.05, 0) is 38.5 Å². The molecule has 5 aliphatic rings. The molecule has 5 rings (SSSR count). The Hall–Kier alpha value is -1.80. The van der Waals surface area contributed by atoms with E-state index in [4.69, 9.17) is 4.74 Å². The van der Waals surface area contributed by atoms with Crippen LogP contribution in [0.25, 0.3) is 0 Å². The van der Waals surface area contributed by atoms with E-state index in [9.17, 15) is 19.5 Å². The van der Waals surface area contributed by atoms with Crippen molar-refractivity contribution in [2.24, 2.45) is 17.8 Å². The summed E-state index contributed by atoms with van der Waals surface area (Å²) in [6.45, 7) is 6.73. The van der Waals surface area contributed by atoms with Crippen molar-refractivity contribution < 1.29 is 24.2 Å². The van der Waals surface area contributed by atoms with Crippen molar-refractivity contribution in [2.45, 2.75) is 99.8 Å². The van der Waals surface area contributed by atoms with Gasteiger partial charge < -0.3 is 19.6 Å². The number of aliphatic hydroxyl groups is 1. The highest BCUT2D eigenvalue weighted by Gasteiger charge is 2.74. The van der Waals surface area contributed by atoms with Gasteiger partial charge in [0.1, 0.15) is 6.04 Å². The SMILES string of the molecule is CC[C@H](C)[C@H](CO)N1C(=O)[C@@H]2[C@@H]3C(=O)OCCC/C=C\[C@]3(C)S[C@@]23C=CCN(C2CCCCC2)C(=O)C13. The number of rotatable bonds is 5. The van der Waals surface area contributed by atoms with Gasteiger partial charge in [-0.2, -0.15) is 0 Å². The van der Waals surface area contributed by atoms with Crippen molar-refractivity contribution in [1.29, 1.82) is 0 Å². The fourth-order valence-corrected chi connectivity index (χ4v) is 9.62. The molecule has 1 N–H and O–H groups in total. The molecule has 2 amide bonds. The number of nitrogens with zero attached hydrogens (tertiary/aromatic N) is 2. The zero-order chi connectivity index (χ0) is 26.4. The molecule has 3 fully saturated rings. The molecule has 4 heterocycles. The van der Waals surface area contributed by atoms with Crippen LogP contribution in [-0.2, 0) is 19.1 Å². The second kappa shape index (κ2) is 10.4. The molecule has 1 saturated carbocycles. The summed E-state index contributed by atoms with van der Waals surface area (Å²) in [5, 5.41) is 10.5. The third-order valence-corrected chi connectivity index (χ3v) is 11.4. The first-order valence-corrected chi connectivity index (χ1v) is 15.1. The number of likely N-dealkylation sites (tertiary alicyclic amines) is 1. The van der Waals surface area contributed by atoms with Crippen LogP contribution in [0.1, 0.15) is 72.1 Å². The topological polar surface area (TPSA) is 87.2 Å². The predicted molar refractivity (Wildman–Crippen MR) is 144 cm³/mol. The minimum atomic E-state index is -0.888. The minimum Gasteiger partial charge on any atom is -0.465 e. The largest absolute Gasteiger partial charge is 0.465 e. The van der Waals surface area contributed by atoms with Crippen LogP contribution in [0.4, 0.5) is 0 Å². The summed E-state index contributed by atoms with van der Waals surface area (Å²) < 4.78 is 4.15. The zero-order valence-corrected chi connectivity index (χ0v) is 23.3. The Morgan fingerprint density at radius 2 is 1.84 bits per heavy atom. The summed E-state index contributed by atoms with van der Waals surface area (Å²) in [5.41, 5.74) is 0. The molecule has 1 spiro atoms. The van der Waals surface area contributed by atoms with E-state index in [1.54, 1.807) is 16.7 Å². The standard InChI is InChI=1S/C29H42N2O5S/c1-4-19(2)21(18-32)31-24-26(34)30(20-12-7-5-8-13-20)16-11-15-29(24)22(25(31)33)23-27(35)36-17-10-6-9-14-28(23,3)37-29/h9,11,14-15,19-24,32H,4-8,10,12-13,16-18H2,1-3H3/b14-9-/t19-,21-,22-,23+,24?,28-,29-/m0/s1. The first-order chi connectivity index (χ1) is 17.8. The van der Waals surface area contributed by atoms with Gasteiger partial charge in [0.15, 0.2) is 0 Å². The minimum absolute atomic E-state index is 0.0109. The number of aliphatic hydroxyl groups excluding tert-OH is 1. The molecular formula is C29H42N2O5S. The summed E-state index contributed by atoms with van der Waals surface area (Å²) in [4.78, 5) is 46.4. The van der Waals surface area contributed by atoms with E-state index in [0.717, 1.165) is 44.9 Å². The van der Waals surface area contributed by atoms with Gasteiger partial charge in [-0.15, -0.1) is 11.8 Å². The number of esters is 1. The van der Waals surface area contributed by atoms with Crippen molar-refractivity contribution in [3.8, 4) is 0 Å². The monoisotopic (exact) mass is 530 g/mol. The number of carbonyl (C=O) groups excluding carboxylic acids is 3. The summed E-state index contributed by atoms with van der Waals surface area (Å²) in [7, 11) is 0. The Labute approximate surface area is 225 Å². The van der Waals surface area contributed by atoms with Gasteiger partial charge in [-0.1, -0.05) is 63.8 Å². The third kappa shape index (κ3) is 4.26. The zero-order valence-electron chi connectivity index (χ0n) is 22.4. The van der Waals surface area contributed by atoms with E-state index in [2.05, 4.69) is 24.3 Å². The van der Waals surface area contributed by atoms with Crippen molar-refractivity contribution in [1.82, 2.24) is 9.80 Å².